The van der Waals surface area contributed by atoms with Gasteiger partial charge in [-0.05, 0) is 12.1 Å². The number of Topliss-reactive ketones (excluding diaryl/α,β-unsaturated/α-hetero) is 1. The van der Waals surface area contributed by atoms with Crippen LogP contribution in [0.15, 0.2) is 46.5 Å². The summed E-state index contributed by atoms with van der Waals surface area (Å²) in [6.45, 7) is 1.84. The lowest BCUT2D eigenvalue weighted by atomic mass is 9.70. The molecular weight excluding hydrogens is 406 g/mol. The van der Waals surface area contributed by atoms with Crippen LogP contribution in [0, 0.1) is 17.8 Å². The highest BCUT2D eigenvalue weighted by atomic mass is 32.1. The van der Waals surface area contributed by atoms with E-state index in [1.165, 1.54) is 11.3 Å². The Morgan fingerprint density at radius 1 is 1.40 bits per heavy atom. The zero-order chi connectivity index (χ0) is 20.6. The summed E-state index contributed by atoms with van der Waals surface area (Å²) in [5.41, 5.74) is -0.979. The van der Waals surface area contributed by atoms with Gasteiger partial charge in [0, 0.05) is 23.9 Å². The smallest absolute Gasteiger partial charge is 0.233 e. The molecule has 3 fully saturated rings. The molecule has 0 radical (unpaired) electrons. The number of thiazole rings is 1. The topological polar surface area (TPSA) is 102 Å². The van der Waals surface area contributed by atoms with Crippen LogP contribution in [0.5, 0.6) is 0 Å². The van der Waals surface area contributed by atoms with Crippen molar-refractivity contribution in [2.75, 3.05) is 5.32 Å². The van der Waals surface area contributed by atoms with Crippen LogP contribution >= 0.6 is 11.3 Å². The molecule has 0 aliphatic carbocycles. The zero-order valence-electron chi connectivity index (χ0n) is 16.1. The number of hydrogen-bond donors (Lipinski definition) is 1. The highest BCUT2D eigenvalue weighted by Gasteiger charge is 2.74. The monoisotopic (exact) mass is 425 g/mol. The minimum atomic E-state index is -0.979. The molecule has 3 saturated heterocycles. The van der Waals surface area contributed by atoms with E-state index in [0.717, 1.165) is 0 Å². The molecule has 154 valence electrons. The first kappa shape index (κ1) is 18.0. The number of carbonyl (C=O) groups is 3. The first-order valence-corrected chi connectivity index (χ1v) is 10.8. The van der Waals surface area contributed by atoms with Gasteiger partial charge in [-0.2, -0.15) is 0 Å². The fourth-order valence-corrected chi connectivity index (χ4v) is 6.27. The average Bonchev–Trinajstić information content (AvgIpc) is 3.52. The number of ether oxygens (including phenoxy) is 1. The highest BCUT2D eigenvalue weighted by Crippen LogP contribution is 2.59. The lowest BCUT2D eigenvalue weighted by Gasteiger charge is -2.43. The molecule has 1 N–H and O–H groups in total. The maximum absolute atomic E-state index is 13.7. The summed E-state index contributed by atoms with van der Waals surface area (Å²) in [6.07, 6.45) is 6.61. The van der Waals surface area contributed by atoms with Gasteiger partial charge in [-0.3, -0.25) is 14.4 Å². The van der Waals surface area contributed by atoms with Crippen molar-refractivity contribution in [3.63, 3.8) is 0 Å². The molecule has 2 aromatic heterocycles. The molecule has 4 aliphatic rings. The summed E-state index contributed by atoms with van der Waals surface area (Å²) in [5.74, 6) is -1.54. The predicted molar refractivity (Wildman–Crippen MR) is 105 cm³/mol. The summed E-state index contributed by atoms with van der Waals surface area (Å²) in [4.78, 5) is 45.6. The van der Waals surface area contributed by atoms with Crippen LogP contribution in [0.4, 0.5) is 5.13 Å². The van der Waals surface area contributed by atoms with Crippen LogP contribution < -0.4 is 5.32 Å². The SMILES string of the molecule is CC1C(=O)CC(c2ccco2)N2C(=O)C3C(C(=O)Nc4nccs4)[C@@H]4C=C[C@@]3(O4)C12. The number of piperidine rings is 1. The molecule has 2 aromatic rings. The fraction of sp³-hybridized carbons (Fsp3) is 0.429. The van der Waals surface area contributed by atoms with Crippen molar-refractivity contribution in [1.82, 2.24) is 9.88 Å². The molecule has 1 spiro atoms. The molecule has 2 bridgehead atoms. The first-order valence-electron chi connectivity index (χ1n) is 9.97. The van der Waals surface area contributed by atoms with Crippen molar-refractivity contribution < 1.29 is 23.5 Å². The Morgan fingerprint density at radius 3 is 3.00 bits per heavy atom. The minimum Gasteiger partial charge on any atom is -0.467 e. The largest absolute Gasteiger partial charge is 0.467 e. The van der Waals surface area contributed by atoms with E-state index >= 15 is 0 Å². The van der Waals surface area contributed by atoms with Crippen molar-refractivity contribution >= 4 is 34.1 Å². The Morgan fingerprint density at radius 2 is 2.27 bits per heavy atom. The molecule has 0 aromatic carbocycles. The second-order valence-electron chi connectivity index (χ2n) is 8.31. The number of aromatic nitrogens is 1. The molecule has 30 heavy (non-hydrogen) atoms. The Balaban J connectivity index is 1.41. The van der Waals surface area contributed by atoms with Gasteiger partial charge < -0.3 is 19.4 Å². The molecule has 0 saturated carbocycles. The van der Waals surface area contributed by atoms with E-state index in [1.807, 2.05) is 19.1 Å². The van der Waals surface area contributed by atoms with E-state index in [-0.39, 0.29) is 24.0 Å². The fourth-order valence-electron chi connectivity index (χ4n) is 5.74. The lowest BCUT2D eigenvalue weighted by molar-refractivity contribution is -0.147. The van der Waals surface area contributed by atoms with Gasteiger partial charge in [0.05, 0.1) is 36.3 Å². The van der Waals surface area contributed by atoms with Crippen molar-refractivity contribution in [3.8, 4) is 0 Å². The number of carbonyl (C=O) groups excluding carboxylic acids is 3. The number of fused-ring (bicyclic) bond motifs is 2. The third-order valence-electron chi connectivity index (χ3n) is 6.92. The van der Waals surface area contributed by atoms with E-state index < -0.39 is 41.5 Å². The Kier molecular flexibility index (Phi) is 3.67. The van der Waals surface area contributed by atoms with Gasteiger partial charge in [-0.15, -0.1) is 11.3 Å². The third-order valence-corrected chi connectivity index (χ3v) is 7.61. The second-order valence-corrected chi connectivity index (χ2v) is 9.20. The molecule has 7 atom stereocenters. The number of anilines is 1. The van der Waals surface area contributed by atoms with E-state index in [9.17, 15) is 14.4 Å². The number of ketones is 1. The van der Waals surface area contributed by atoms with Gasteiger partial charge in [0.15, 0.2) is 5.13 Å². The summed E-state index contributed by atoms with van der Waals surface area (Å²) < 4.78 is 11.9. The van der Waals surface area contributed by atoms with E-state index in [2.05, 4.69) is 10.3 Å². The Labute approximate surface area is 175 Å². The Bertz CT molecular complexity index is 1060. The molecule has 6 heterocycles. The van der Waals surface area contributed by atoms with Crippen LogP contribution in [-0.4, -0.2) is 45.2 Å². The number of nitrogens with one attached hydrogen (secondary N) is 1. The Hall–Kier alpha value is -2.78. The second kappa shape index (κ2) is 6.12. The number of hydrogen-bond acceptors (Lipinski definition) is 7. The summed E-state index contributed by atoms with van der Waals surface area (Å²) in [5, 5.41) is 5.08. The maximum atomic E-state index is 13.7. The molecule has 6 rings (SSSR count). The van der Waals surface area contributed by atoms with Crippen molar-refractivity contribution in [2.45, 2.75) is 37.1 Å². The van der Waals surface area contributed by atoms with Crippen molar-refractivity contribution in [1.29, 1.82) is 0 Å². The van der Waals surface area contributed by atoms with E-state index in [4.69, 9.17) is 9.15 Å². The number of rotatable bonds is 3. The van der Waals surface area contributed by atoms with Gasteiger partial charge in [0.2, 0.25) is 11.8 Å². The summed E-state index contributed by atoms with van der Waals surface area (Å²) in [6, 6.07) is 2.58. The zero-order valence-corrected chi connectivity index (χ0v) is 16.9. The molecule has 5 unspecified atom stereocenters. The average molecular weight is 425 g/mol. The van der Waals surface area contributed by atoms with E-state index in [1.54, 1.807) is 34.9 Å². The summed E-state index contributed by atoms with van der Waals surface area (Å²) >= 11 is 1.32. The van der Waals surface area contributed by atoms with Gasteiger partial charge >= 0.3 is 0 Å². The predicted octanol–water partition coefficient (Wildman–Crippen LogP) is 2.18. The first-order chi connectivity index (χ1) is 14.5. The highest BCUT2D eigenvalue weighted by molar-refractivity contribution is 7.13. The molecule has 4 aliphatic heterocycles. The van der Waals surface area contributed by atoms with Crippen LogP contribution in [0.3, 0.4) is 0 Å². The number of nitrogens with zero attached hydrogens (tertiary/aromatic N) is 2. The normalized spacial score (nSPS) is 38.8. The van der Waals surface area contributed by atoms with Crippen molar-refractivity contribution in [3.05, 3.63) is 47.9 Å². The van der Waals surface area contributed by atoms with Crippen LogP contribution in [0.1, 0.15) is 25.1 Å². The molecular formula is C21H19N3O5S. The number of furan rings is 1. The van der Waals surface area contributed by atoms with Crippen LogP contribution in [-0.2, 0) is 19.1 Å². The summed E-state index contributed by atoms with van der Waals surface area (Å²) in [7, 11) is 0. The van der Waals surface area contributed by atoms with Crippen molar-refractivity contribution in [2.24, 2.45) is 17.8 Å². The third kappa shape index (κ3) is 2.19. The molecule has 2 amide bonds. The minimum absolute atomic E-state index is 0.0663. The van der Waals surface area contributed by atoms with Crippen LogP contribution in [0.2, 0.25) is 0 Å². The van der Waals surface area contributed by atoms with Gasteiger partial charge in [-0.25, -0.2) is 4.98 Å². The maximum Gasteiger partial charge on any atom is 0.233 e. The quantitative estimate of drug-likeness (QED) is 0.757. The molecule has 8 nitrogen and oxygen atoms in total. The molecule has 9 heteroatoms. The van der Waals surface area contributed by atoms with Gasteiger partial charge in [0.25, 0.3) is 0 Å². The van der Waals surface area contributed by atoms with Crippen LogP contribution in [0.25, 0.3) is 0 Å². The number of amides is 2. The standard InChI is InChI=1S/C21H19N3O5S/c1-10-12(25)9-11(13-3-2-7-28-13)24-17(10)21-5-4-14(29-21)15(16(21)19(24)27)18(26)23-20-22-6-8-30-20/h2-8,10-11,14-17H,9H2,1H3,(H,22,23,26)/t10?,11?,14-,15?,16?,17?,21-/m0/s1. The van der Waals surface area contributed by atoms with Gasteiger partial charge in [-0.1, -0.05) is 19.1 Å². The van der Waals surface area contributed by atoms with Gasteiger partial charge in [0.1, 0.15) is 17.1 Å². The lowest BCUT2D eigenvalue weighted by Crippen LogP contribution is -2.55. The van der Waals surface area contributed by atoms with E-state index in [0.29, 0.717) is 10.9 Å².